The molecule has 3 heterocycles. The summed E-state index contributed by atoms with van der Waals surface area (Å²) in [6, 6.07) is 21.0. The molecule has 0 radical (unpaired) electrons. The van der Waals surface area contributed by atoms with Crippen molar-refractivity contribution in [3.63, 3.8) is 0 Å². The van der Waals surface area contributed by atoms with Gasteiger partial charge in [0.25, 0.3) is 11.8 Å². The largest absolute Gasteiger partial charge is 0.458 e. The molecule has 1 saturated heterocycles. The van der Waals surface area contributed by atoms with Crippen LogP contribution in [0.3, 0.4) is 0 Å². The number of hydrogen-bond acceptors (Lipinski definition) is 16. The average Bonchev–Trinajstić information content (AvgIpc) is 3.65. The van der Waals surface area contributed by atoms with E-state index in [4.69, 9.17) is 29.5 Å². The van der Waals surface area contributed by atoms with E-state index in [0.29, 0.717) is 16.7 Å². The molecular weight excluding hydrogens is 791 g/mol. The van der Waals surface area contributed by atoms with Gasteiger partial charge in [0.1, 0.15) is 36.5 Å². The Balaban J connectivity index is 1.25. The third kappa shape index (κ3) is 9.42. The van der Waals surface area contributed by atoms with Crippen LogP contribution in [0.1, 0.15) is 47.1 Å². The number of thiazole rings is 1. The van der Waals surface area contributed by atoms with Crippen LogP contribution in [0.15, 0.2) is 113 Å². The second kappa shape index (κ2) is 18.4. The van der Waals surface area contributed by atoms with Crippen LogP contribution in [0.25, 0.3) is 0 Å². The third-order valence-electron chi connectivity index (χ3n) is 8.39. The second-order valence-electron chi connectivity index (χ2n) is 12.4. The molecule has 3 N–H and O–H groups in total. The SMILES string of the molecule is CO/N=C(\C(=O)NC1C(=O)N2C(C(=O)OC(c3ccccc3)c3ccccc3)=C(/C=C/COC(=O)c3ccc(OC(C)=O)c(OC(C)=O)c3)CS[C@@H]12)c1csc(N)n1. The Hall–Kier alpha value is -6.79. The van der Waals surface area contributed by atoms with E-state index in [-0.39, 0.29) is 51.7 Å². The number of nitrogens with one attached hydrogen (secondary N) is 1. The van der Waals surface area contributed by atoms with Crippen LogP contribution in [0.5, 0.6) is 11.5 Å². The summed E-state index contributed by atoms with van der Waals surface area (Å²) in [5, 5.41) is 7.52. The molecule has 2 atom stereocenters. The number of nitrogen functional groups attached to an aromatic ring is 1. The van der Waals surface area contributed by atoms with E-state index in [1.54, 1.807) is 6.08 Å². The number of amides is 2. The van der Waals surface area contributed by atoms with Crippen LogP contribution in [0.2, 0.25) is 0 Å². The van der Waals surface area contributed by atoms with Crippen molar-refractivity contribution in [1.29, 1.82) is 0 Å². The van der Waals surface area contributed by atoms with Crippen LogP contribution in [0.4, 0.5) is 5.13 Å². The van der Waals surface area contributed by atoms with Crippen molar-refractivity contribution in [2.45, 2.75) is 31.4 Å². The minimum absolute atomic E-state index is 0.00387. The number of anilines is 1. The standard InChI is InChI=1S/C40H35N5O11S2/c1-22(46)54-29-17-16-26(19-30(29)55-23(2)47)38(50)53-18-10-15-27-20-57-37-32(43-35(48)31(44-52-3)28-21-58-40(41)42-28)36(49)45(37)33(27)39(51)56-34(24-11-6-4-7-12-24)25-13-8-5-9-14-25/h4-17,19,21,32,34,37H,18,20H2,1-3H3,(H2,41,42)(H,43,48)/b15-10+,44-31-/t32?,37-/m0/s1. The summed E-state index contributed by atoms with van der Waals surface area (Å²) in [6.07, 6.45) is 2.21. The Morgan fingerprint density at radius 1 is 0.948 bits per heavy atom. The highest BCUT2D eigenvalue weighted by Crippen LogP contribution is 2.42. The predicted octanol–water partition coefficient (Wildman–Crippen LogP) is 4.33. The molecule has 2 amide bonds. The Morgan fingerprint density at radius 2 is 1.60 bits per heavy atom. The lowest BCUT2D eigenvalue weighted by atomic mass is 10.0. The van der Waals surface area contributed by atoms with E-state index in [1.807, 2.05) is 60.7 Å². The lowest BCUT2D eigenvalue weighted by Crippen LogP contribution is -2.71. The Morgan fingerprint density at radius 3 is 2.21 bits per heavy atom. The van der Waals surface area contributed by atoms with E-state index in [1.165, 1.54) is 60.4 Å². The predicted molar refractivity (Wildman–Crippen MR) is 211 cm³/mol. The lowest BCUT2D eigenvalue weighted by Gasteiger charge is -2.49. The van der Waals surface area contributed by atoms with Crippen LogP contribution >= 0.6 is 23.1 Å². The minimum atomic E-state index is -1.05. The van der Waals surface area contributed by atoms with Crippen LogP contribution in [0, 0.1) is 0 Å². The normalized spacial score (nSPS) is 16.3. The molecule has 4 aromatic rings. The molecule has 16 nitrogen and oxygen atoms in total. The number of carbonyl (C=O) groups excluding carboxylic acids is 6. The zero-order valence-electron chi connectivity index (χ0n) is 31.1. The number of fused-ring (bicyclic) bond motifs is 1. The van der Waals surface area contributed by atoms with Crippen molar-refractivity contribution < 1.29 is 52.6 Å². The summed E-state index contributed by atoms with van der Waals surface area (Å²) in [5.41, 5.74) is 7.46. The average molecular weight is 826 g/mol. The van der Waals surface area contributed by atoms with Crippen LogP contribution < -0.4 is 20.5 Å². The fourth-order valence-corrected chi connectivity index (χ4v) is 7.78. The highest BCUT2D eigenvalue weighted by atomic mass is 32.2. The van der Waals surface area contributed by atoms with Crippen LogP contribution in [-0.4, -0.2) is 82.2 Å². The van der Waals surface area contributed by atoms with Gasteiger partial charge in [-0.3, -0.25) is 24.1 Å². The maximum Gasteiger partial charge on any atom is 0.356 e. The van der Waals surface area contributed by atoms with Crippen molar-refractivity contribution >= 4 is 69.6 Å². The Labute approximate surface area is 339 Å². The molecule has 0 bridgehead atoms. The van der Waals surface area contributed by atoms with Gasteiger partial charge < -0.3 is 34.8 Å². The van der Waals surface area contributed by atoms with Gasteiger partial charge in [-0.1, -0.05) is 71.9 Å². The van der Waals surface area contributed by atoms with Crippen LogP contribution in [-0.2, 0) is 38.3 Å². The molecule has 2 aliphatic heterocycles. The van der Waals surface area contributed by atoms with Gasteiger partial charge in [-0.15, -0.1) is 23.1 Å². The van der Waals surface area contributed by atoms with Crippen molar-refractivity contribution in [2.24, 2.45) is 5.16 Å². The van der Waals surface area contributed by atoms with Gasteiger partial charge in [0.15, 0.2) is 28.4 Å². The molecule has 18 heteroatoms. The number of hydrogen-bond donors (Lipinski definition) is 2. The first-order valence-electron chi connectivity index (χ1n) is 17.4. The minimum Gasteiger partial charge on any atom is -0.458 e. The van der Waals surface area contributed by atoms with Crippen molar-refractivity contribution in [1.82, 2.24) is 15.2 Å². The van der Waals surface area contributed by atoms with Gasteiger partial charge >= 0.3 is 23.9 Å². The summed E-state index contributed by atoms with van der Waals surface area (Å²) < 4.78 is 21.8. The molecule has 6 rings (SSSR count). The molecular formula is C40H35N5O11S2. The number of β-lactam (4-membered cyclic amide) rings is 1. The first-order valence-corrected chi connectivity index (χ1v) is 19.3. The number of benzene rings is 3. The summed E-state index contributed by atoms with van der Waals surface area (Å²) in [7, 11) is 1.26. The molecule has 3 aromatic carbocycles. The number of nitrogens with two attached hydrogens (primary N) is 1. The maximum absolute atomic E-state index is 14.3. The molecule has 58 heavy (non-hydrogen) atoms. The van der Waals surface area contributed by atoms with E-state index >= 15 is 0 Å². The molecule has 0 spiro atoms. The smallest absolute Gasteiger partial charge is 0.356 e. The number of esters is 4. The number of carbonyl (C=O) groups is 6. The van der Waals surface area contributed by atoms with Crippen molar-refractivity contribution in [3.8, 4) is 11.5 Å². The highest BCUT2D eigenvalue weighted by Gasteiger charge is 2.54. The summed E-state index contributed by atoms with van der Waals surface area (Å²) in [4.78, 5) is 87.9. The first-order chi connectivity index (χ1) is 27.9. The molecule has 0 aliphatic carbocycles. The zero-order chi connectivity index (χ0) is 41.3. The van der Waals surface area contributed by atoms with E-state index < -0.39 is 53.2 Å². The van der Waals surface area contributed by atoms with E-state index in [0.717, 1.165) is 18.3 Å². The van der Waals surface area contributed by atoms with Gasteiger partial charge in [0.2, 0.25) is 0 Å². The Kier molecular flexibility index (Phi) is 13.0. The van der Waals surface area contributed by atoms with E-state index in [9.17, 15) is 28.8 Å². The van der Waals surface area contributed by atoms with Crippen molar-refractivity contribution in [2.75, 3.05) is 25.2 Å². The number of oxime groups is 1. The summed E-state index contributed by atoms with van der Waals surface area (Å²) in [6.45, 7) is 2.06. The van der Waals surface area contributed by atoms with Gasteiger partial charge in [-0.2, -0.15) is 0 Å². The fourth-order valence-electron chi connectivity index (χ4n) is 5.92. The van der Waals surface area contributed by atoms with Gasteiger partial charge in [0.05, 0.1) is 5.56 Å². The molecule has 0 saturated carbocycles. The Bertz CT molecular complexity index is 2290. The monoisotopic (exact) mass is 825 g/mol. The van der Waals surface area contributed by atoms with Gasteiger partial charge in [-0.05, 0) is 41.0 Å². The first kappa shape index (κ1) is 40.9. The number of nitrogens with zero attached hydrogens (tertiary/aromatic N) is 3. The van der Waals surface area contributed by atoms with Gasteiger partial charge in [0, 0.05) is 25.0 Å². The molecule has 2 aliphatic rings. The molecule has 1 fully saturated rings. The summed E-state index contributed by atoms with van der Waals surface area (Å²) >= 11 is 2.39. The molecule has 1 aromatic heterocycles. The fraction of sp³-hybridized carbons (Fsp3) is 0.200. The maximum atomic E-state index is 14.3. The number of ether oxygens (including phenoxy) is 4. The number of allylic oxidation sites excluding steroid dienone is 1. The number of aromatic nitrogens is 1. The van der Waals surface area contributed by atoms with Gasteiger partial charge in [-0.25, -0.2) is 14.6 Å². The quantitative estimate of drug-likeness (QED) is 0.0596. The molecule has 1 unspecified atom stereocenters. The lowest BCUT2D eigenvalue weighted by molar-refractivity contribution is -0.154. The topological polar surface area (TPSA) is 215 Å². The second-order valence-corrected chi connectivity index (χ2v) is 14.4. The summed E-state index contributed by atoms with van der Waals surface area (Å²) in [5.74, 6) is -4.28. The van der Waals surface area contributed by atoms with Crippen molar-refractivity contribution in [3.05, 3.63) is 130 Å². The number of rotatable bonds is 14. The van der Waals surface area contributed by atoms with E-state index in [2.05, 4.69) is 15.5 Å². The zero-order valence-corrected chi connectivity index (χ0v) is 32.7. The highest BCUT2D eigenvalue weighted by molar-refractivity contribution is 8.00. The molecule has 298 valence electrons. The number of thioether (sulfide) groups is 1. The third-order valence-corrected chi connectivity index (χ3v) is 10.4.